The summed E-state index contributed by atoms with van der Waals surface area (Å²) >= 11 is 0. The van der Waals surface area contributed by atoms with E-state index in [-0.39, 0.29) is 29.6 Å². The van der Waals surface area contributed by atoms with Crippen LogP contribution in [0.2, 0.25) is 0 Å². The van der Waals surface area contributed by atoms with Crippen molar-refractivity contribution >= 4 is 29.6 Å². The SMILES string of the molecule is CNN.[Na]. The third-order valence-electron chi connectivity index (χ3n) is 0. The molecule has 0 atom stereocenters. The van der Waals surface area contributed by atoms with E-state index in [1.54, 1.807) is 7.05 Å². The maximum Gasteiger partial charge on any atom is 0 e. The molecule has 0 saturated heterocycles. The largest absolute Gasteiger partial charge is 0.272 e. The van der Waals surface area contributed by atoms with E-state index in [9.17, 15) is 0 Å². The van der Waals surface area contributed by atoms with Gasteiger partial charge < -0.3 is 0 Å². The molecule has 0 rings (SSSR count). The Hall–Kier alpha value is 0.920. The molecule has 21 valence electrons. The van der Waals surface area contributed by atoms with Gasteiger partial charge in [0.05, 0.1) is 0 Å². The molecule has 1 radical (unpaired) electrons. The van der Waals surface area contributed by atoms with Crippen LogP contribution in [0.1, 0.15) is 0 Å². The summed E-state index contributed by atoms with van der Waals surface area (Å²) in [5.41, 5.74) is 2.25. The Labute approximate surface area is 48.0 Å². The Morgan fingerprint density at radius 2 is 1.75 bits per heavy atom. The average Bonchev–Trinajstić information content (AvgIpc) is 0.918. The smallest absolute Gasteiger partial charge is 0 e. The van der Waals surface area contributed by atoms with Crippen LogP contribution < -0.4 is 11.3 Å². The Kier molecular flexibility index (Phi) is 20.1. The summed E-state index contributed by atoms with van der Waals surface area (Å²) in [7, 11) is 1.65. The minimum Gasteiger partial charge on any atom is -0.272 e. The van der Waals surface area contributed by atoms with Crippen molar-refractivity contribution in [2.45, 2.75) is 0 Å². The van der Waals surface area contributed by atoms with Crippen molar-refractivity contribution in [1.82, 2.24) is 5.43 Å². The van der Waals surface area contributed by atoms with Crippen LogP contribution in [0.5, 0.6) is 0 Å². The molecule has 3 heteroatoms. The van der Waals surface area contributed by atoms with Crippen molar-refractivity contribution in [2.75, 3.05) is 7.05 Å². The molecule has 0 unspecified atom stereocenters. The van der Waals surface area contributed by atoms with Crippen LogP contribution in [0, 0.1) is 0 Å². The molecule has 3 N–H and O–H groups in total. The van der Waals surface area contributed by atoms with E-state index in [0.29, 0.717) is 0 Å². The quantitative estimate of drug-likeness (QED) is 0.211. The van der Waals surface area contributed by atoms with Crippen LogP contribution >= 0.6 is 0 Å². The summed E-state index contributed by atoms with van der Waals surface area (Å²) in [5.74, 6) is 4.60. The van der Waals surface area contributed by atoms with E-state index in [2.05, 4.69) is 11.3 Å². The minimum atomic E-state index is 0. The fraction of sp³-hybridized carbons (Fsp3) is 1.00. The Morgan fingerprint density at radius 3 is 1.75 bits per heavy atom. The van der Waals surface area contributed by atoms with Crippen molar-refractivity contribution in [3.05, 3.63) is 0 Å². The Morgan fingerprint density at radius 1 is 1.75 bits per heavy atom. The number of nitrogens with one attached hydrogen (secondary N) is 1. The zero-order valence-corrected chi connectivity index (χ0v) is 5.08. The molecule has 0 bridgehead atoms. The summed E-state index contributed by atoms with van der Waals surface area (Å²) < 4.78 is 0. The number of hydrazine groups is 1. The van der Waals surface area contributed by atoms with Crippen molar-refractivity contribution in [2.24, 2.45) is 5.84 Å². The second kappa shape index (κ2) is 9.07. The zero-order valence-electron chi connectivity index (χ0n) is 3.08. The molecule has 4 heavy (non-hydrogen) atoms. The molecular weight excluding hydrogens is 63.0 g/mol. The molecule has 0 aliphatic rings. The van der Waals surface area contributed by atoms with Gasteiger partial charge in [-0.1, -0.05) is 0 Å². The number of hydrogen-bond donors (Lipinski definition) is 2. The first kappa shape index (κ1) is 8.87. The molecule has 0 fully saturated rings. The number of rotatable bonds is 0. The van der Waals surface area contributed by atoms with Gasteiger partial charge in [0.25, 0.3) is 0 Å². The van der Waals surface area contributed by atoms with Crippen LogP contribution in [0.25, 0.3) is 0 Å². The fourth-order valence-corrected chi connectivity index (χ4v) is 0. The molecule has 0 amide bonds. The second-order valence-electron chi connectivity index (χ2n) is 0.289. The van der Waals surface area contributed by atoms with Crippen molar-refractivity contribution in [1.29, 1.82) is 0 Å². The number of hydrogen-bond acceptors (Lipinski definition) is 2. The summed E-state index contributed by atoms with van der Waals surface area (Å²) in [6.07, 6.45) is 0. The topological polar surface area (TPSA) is 38.0 Å². The normalized spacial score (nSPS) is 4.50. The van der Waals surface area contributed by atoms with Gasteiger partial charge in [-0.2, -0.15) is 0 Å². The van der Waals surface area contributed by atoms with E-state index in [1.165, 1.54) is 0 Å². The first-order valence-corrected chi connectivity index (χ1v) is 0.789. The predicted molar refractivity (Wildman–Crippen MR) is 19.0 cm³/mol. The van der Waals surface area contributed by atoms with Crippen LogP contribution in [0.15, 0.2) is 0 Å². The Bertz CT molecular complexity index is 6.00. The second-order valence-corrected chi connectivity index (χ2v) is 0.289. The summed E-state index contributed by atoms with van der Waals surface area (Å²) in [6.45, 7) is 0. The van der Waals surface area contributed by atoms with E-state index in [4.69, 9.17) is 0 Å². The number of nitrogens with two attached hydrogens (primary N) is 1. The molecule has 0 heterocycles. The van der Waals surface area contributed by atoms with Gasteiger partial charge in [0.1, 0.15) is 0 Å². The first-order valence-electron chi connectivity index (χ1n) is 0.789. The van der Waals surface area contributed by atoms with Gasteiger partial charge in [0.15, 0.2) is 0 Å². The predicted octanol–water partition coefficient (Wildman–Crippen LogP) is -1.30. The van der Waals surface area contributed by atoms with Gasteiger partial charge >= 0.3 is 0 Å². The van der Waals surface area contributed by atoms with E-state index < -0.39 is 0 Å². The first-order chi connectivity index (χ1) is 1.41. The molecule has 0 spiro atoms. The van der Waals surface area contributed by atoms with Crippen molar-refractivity contribution < 1.29 is 0 Å². The van der Waals surface area contributed by atoms with Crippen molar-refractivity contribution in [3.63, 3.8) is 0 Å². The van der Waals surface area contributed by atoms with Crippen LogP contribution in [0.4, 0.5) is 0 Å². The van der Waals surface area contributed by atoms with Crippen LogP contribution in [-0.4, -0.2) is 36.6 Å². The standard InChI is InChI=1S/CH6N2.Na/c1-3-2;/h3H,2H2,1H3;. The van der Waals surface area contributed by atoms with Crippen molar-refractivity contribution in [3.8, 4) is 0 Å². The third kappa shape index (κ3) is 12.7. The third-order valence-corrected chi connectivity index (χ3v) is 0. The molecule has 0 aliphatic carbocycles. The fourth-order valence-electron chi connectivity index (χ4n) is 0. The van der Waals surface area contributed by atoms with Crippen LogP contribution in [0.3, 0.4) is 0 Å². The molecule has 2 nitrogen and oxygen atoms in total. The van der Waals surface area contributed by atoms with E-state index in [1.807, 2.05) is 0 Å². The molecule has 0 aromatic heterocycles. The molecular formula is CH6N2Na. The molecule has 0 saturated carbocycles. The monoisotopic (exact) mass is 69.0 g/mol. The maximum atomic E-state index is 4.60. The van der Waals surface area contributed by atoms with Gasteiger partial charge in [-0.05, 0) is 7.05 Å². The average molecular weight is 69.1 g/mol. The van der Waals surface area contributed by atoms with Gasteiger partial charge in [0, 0.05) is 29.6 Å². The van der Waals surface area contributed by atoms with Gasteiger partial charge in [0.2, 0.25) is 0 Å². The molecule has 0 aromatic rings. The molecule has 0 aliphatic heterocycles. The maximum absolute atomic E-state index is 4.60. The molecule has 0 aromatic carbocycles. The summed E-state index contributed by atoms with van der Waals surface area (Å²) in [6, 6.07) is 0. The van der Waals surface area contributed by atoms with E-state index >= 15 is 0 Å². The van der Waals surface area contributed by atoms with Gasteiger partial charge in [-0.25, -0.2) is 0 Å². The minimum absolute atomic E-state index is 0. The summed E-state index contributed by atoms with van der Waals surface area (Å²) in [4.78, 5) is 0. The summed E-state index contributed by atoms with van der Waals surface area (Å²) in [5, 5.41) is 0. The van der Waals surface area contributed by atoms with Gasteiger partial charge in [-0.15, -0.1) is 0 Å². The van der Waals surface area contributed by atoms with Gasteiger partial charge in [-0.3, -0.25) is 11.3 Å². The zero-order chi connectivity index (χ0) is 2.71. The van der Waals surface area contributed by atoms with E-state index in [0.717, 1.165) is 0 Å². The Balaban J connectivity index is 0. The van der Waals surface area contributed by atoms with Crippen LogP contribution in [-0.2, 0) is 0 Å².